The summed E-state index contributed by atoms with van der Waals surface area (Å²) in [5, 5.41) is 0. The summed E-state index contributed by atoms with van der Waals surface area (Å²) in [5.74, 6) is -0.381. The minimum atomic E-state index is -0.381. The summed E-state index contributed by atoms with van der Waals surface area (Å²) >= 11 is 0. The van der Waals surface area contributed by atoms with Gasteiger partial charge in [0.2, 0.25) is 0 Å². The predicted molar refractivity (Wildman–Crippen MR) is 44.4 cm³/mol. The van der Waals surface area contributed by atoms with E-state index in [1.54, 1.807) is 0 Å². The Morgan fingerprint density at radius 1 is 1.00 bits per heavy atom. The van der Waals surface area contributed by atoms with E-state index in [1.165, 1.54) is 0 Å². The molecule has 0 aromatic rings. The second-order valence-corrected chi connectivity index (χ2v) is 4.45. The highest BCUT2D eigenvalue weighted by atomic mass is 16.7. The van der Waals surface area contributed by atoms with Crippen molar-refractivity contribution in [1.82, 2.24) is 0 Å². The molecule has 0 aromatic heterocycles. The quantitative estimate of drug-likeness (QED) is 0.538. The van der Waals surface area contributed by atoms with E-state index in [-0.39, 0.29) is 11.2 Å². The lowest BCUT2D eigenvalue weighted by molar-refractivity contribution is -0.203. The molecule has 0 unspecified atom stereocenters. The predicted octanol–water partition coefficient (Wildman–Crippen LogP) is 2.19. The second-order valence-electron chi connectivity index (χ2n) is 4.45. The molecular formula is C9H18O2. The first-order chi connectivity index (χ1) is 4.91. The summed E-state index contributed by atoms with van der Waals surface area (Å²) in [5.41, 5.74) is 0.272. The number of hydrogen-bond acceptors (Lipinski definition) is 2. The van der Waals surface area contributed by atoms with Gasteiger partial charge in [-0.2, -0.15) is 0 Å². The first-order valence-corrected chi connectivity index (χ1v) is 4.19. The first kappa shape index (κ1) is 9.01. The highest BCUT2D eigenvalue weighted by Gasteiger charge is 2.29. The van der Waals surface area contributed by atoms with Crippen LogP contribution >= 0.6 is 0 Å². The van der Waals surface area contributed by atoms with Crippen molar-refractivity contribution in [2.45, 2.75) is 39.9 Å². The van der Waals surface area contributed by atoms with E-state index in [9.17, 15) is 0 Å². The van der Waals surface area contributed by atoms with Crippen LogP contribution in [-0.4, -0.2) is 19.0 Å². The molecule has 1 aliphatic rings. The molecule has 2 nitrogen and oxygen atoms in total. The molecular weight excluding hydrogens is 140 g/mol. The summed E-state index contributed by atoms with van der Waals surface area (Å²) in [6.07, 6.45) is 1.08. The monoisotopic (exact) mass is 158 g/mol. The lowest BCUT2D eigenvalue weighted by Gasteiger charge is -2.24. The molecule has 0 aromatic carbocycles. The zero-order valence-electron chi connectivity index (χ0n) is 7.94. The molecule has 0 aliphatic carbocycles. The second kappa shape index (κ2) is 2.76. The molecule has 1 fully saturated rings. The summed E-state index contributed by atoms with van der Waals surface area (Å²) in [6.45, 7) is 9.94. The third-order valence-corrected chi connectivity index (χ3v) is 2.04. The van der Waals surface area contributed by atoms with Crippen LogP contribution in [0.5, 0.6) is 0 Å². The van der Waals surface area contributed by atoms with Crippen molar-refractivity contribution in [1.29, 1.82) is 0 Å². The standard InChI is InChI=1S/C9H18O2/c1-8(2)5-6-10-9(3,4)11-7-8/h5-7H2,1-4H3. The highest BCUT2D eigenvalue weighted by Crippen LogP contribution is 2.28. The molecule has 0 amide bonds. The Bertz CT molecular complexity index is 122. The fraction of sp³-hybridized carbons (Fsp3) is 1.00. The van der Waals surface area contributed by atoms with Crippen molar-refractivity contribution in [2.24, 2.45) is 5.41 Å². The van der Waals surface area contributed by atoms with Crippen molar-refractivity contribution >= 4 is 0 Å². The van der Waals surface area contributed by atoms with Gasteiger partial charge < -0.3 is 9.47 Å². The van der Waals surface area contributed by atoms with Gasteiger partial charge in [-0.15, -0.1) is 0 Å². The maximum Gasteiger partial charge on any atom is 0.162 e. The molecule has 1 rings (SSSR count). The Morgan fingerprint density at radius 3 is 2.27 bits per heavy atom. The minimum Gasteiger partial charge on any atom is -0.351 e. The zero-order valence-corrected chi connectivity index (χ0v) is 7.94. The minimum absolute atomic E-state index is 0.272. The summed E-state index contributed by atoms with van der Waals surface area (Å²) in [7, 11) is 0. The van der Waals surface area contributed by atoms with Crippen LogP contribution < -0.4 is 0 Å². The van der Waals surface area contributed by atoms with Crippen LogP contribution in [0.2, 0.25) is 0 Å². The van der Waals surface area contributed by atoms with Crippen molar-refractivity contribution in [3.63, 3.8) is 0 Å². The van der Waals surface area contributed by atoms with Gasteiger partial charge >= 0.3 is 0 Å². The summed E-state index contributed by atoms with van der Waals surface area (Å²) < 4.78 is 11.1. The lowest BCUT2D eigenvalue weighted by Crippen LogP contribution is -2.28. The molecule has 0 radical (unpaired) electrons. The van der Waals surface area contributed by atoms with Gasteiger partial charge in [0.1, 0.15) is 0 Å². The summed E-state index contributed by atoms with van der Waals surface area (Å²) in [4.78, 5) is 0. The maximum atomic E-state index is 5.58. The molecule has 0 bridgehead atoms. The molecule has 1 aliphatic heterocycles. The van der Waals surface area contributed by atoms with E-state index in [4.69, 9.17) is 9.47 Å². The van der Waals surface area contributed by atoms with E-state index in [0.29, 0.717) is 0 Å². The van der Waals surface area contributed by atoms with Crippen LogP contribution in [0.4, 0.5) is 0 Å². The molecule has 66 valence electrons. The van der Waals surface area contributed by atoms with Crippen molar-refractivity contribution in [3.05, 3.63) is 0 Å². The van der Waals surface area contributed by atoms with Gasteiger partial charge in [-0.05, 0) is 25.7 Å². The van der Waals surface area contributed by atoms with E-state index < -0.39 is 0 Å². The normalized spacial score (nSPS) is 29.5. The largest absolute Gasteiger partial charge is 0.351 e. The summed E-state index contributed by atoms with van der Waals surface area (Å²) in [6, 6.07) is 0. The first-order valence-electron chi connectivity index (χ1n) is 4.19. The molecule has 11 heavy (non-hydrogen) atoms. The Kier molecular flexibility index (Phi) is 2.26. The fourth-order valence-corrected chi connectivity index (χ4v) is 1.06. The van der Waals surface area contributed by atoms with Crippen LogP contribution in [-0.2, 0) is 9.47 Å². The number of hydrogen-bond donors (Lipinski definition) is 0. The van der Waals surface area contributed by atoms with Crippen LogP contribution in [0.3, 0.4) is 0 Å². The molecule has 0 N–H and O–H groups in total. The number of ether oxygens (including phenoxy) is 2. The van der Waals surface area contributed by atoms with Crippen LogP contribution in [0.25, 0.3) is 0 Å². The Morgan fingerprint density at radius 2 is 1.64 bits per heavy atom. The topological polar surface area (TPSA) is 18.5 Å². The smallest absolute Gasteiger partial charge is 0.162 e. The van der Waals surface area contributed by atoms with Crippen LogP contribution in [0.1, 0.15) is 34.1 Å². The molecule has 2 heteroatoms. The highest BCUT2D eigenvalue weighted by molar-refractivity contribution is 4.72. The van der Waals surface area contributed by atoms with E-state index >= 15 is 0 Å². The molecule has 0 saturated carbocycles. The maximum absolute atomic E-state index is 5.58. The van der Waals surface area contributed by atoms with E-state index in [1.807, 2.05) is 13.8 Å². The lowest BCUT2D eigenvalue weighted by atomic mass is 9.91. The fourth-order valence-electron chi connectivity index (χ4n) is 1.06. The molecule has 0 spiro atoms. The van der Waals surface area contributed by atoms with Gasteiger partial charge in [-0.25, -0.2) is 0 Å². The van der Waals surface area contributed by atoms with Gasteiger partial charge in [0, 0.05) is 0 Å². The van der Waals surface area contributed by atoms with Crippen molar-refractivity contribution in [2.75, 3.05) is 13.2 Å². The van der Waals surface area contributed by atoms with Gasteiger partial charge in [0.05, 0.1) is 13.2 Å². The average Bonchev–Trinajstić information content (AvgIpc) is 1.92. The van der Waals surface area contributed by atoms with Crippen LogP contribution in [0, 0.1) is 5.41 Å². The van der Waals surface area contributed by atoms with Crippen LogP contribution in [0.15, 0.2) is 0 Å². The van der Waals surface area contributed by atoms with Gasteiger partial charge in [0.15, 0.2) is 5.79 Å². The Labute approximate surface area is 68.9 Å². The van der Waals surface area contributed by atoms with Crippen molar-refractivity contribution < 1.29 is 9.47 Å². The average molecular weight is 158 g/mol. The zero-order chi connectivity index (χ0) is 8.54. The third-order valence-electron chi connectivity index (χ3n) is 2.04. The van der Waals surface area contributed by atoms with E-state index in [0.717, 1.165) is 19.6 Å². The third kappa shape index (κ3) is 2.80. The SMILES string of the molecule is CC1(C)CCOC(C)(C)OC1. The van der Waals surface area contributed by atoms with Crippen molar-refractivity contribution in [3.8, 4) is 0 Å². The Hall–Kier alpha value is -0.0800. The van der Waals surface area contributed by atoms with Gasteiger partial charge in [-0.3, -0.25) is 0 Å². The Balaban J connectivity index is 2.53. The van der Waals surface area contributed by atoms with Gasteiger partial charge in [-0.1, -0.05) is 13.8 Å². The van der Waals surface area contributed by atoms with E-state index in [2.05, 4.69) is 13.8 Å². The molecule has 1 heterocycles. The number of rotatable bonds is 0. The van der Waals surface area contributed by atoms with Gasteiger partial charge in [0.25, 0.3) is 0 Å². The molecule has 1 saturated heterocycles. The molecule has 0 atom stereocenters.